The maximum absolute atomic E-state index is 14.4. The molecule has 164 valence electrons. The predicted molar refractivity (Wildman–Crippen MR) is 107 cm³/mol. The van der Waals surface area contributed by atoms with Gasteiger partial charge in [0, 0.05) is 30.1 Å². The molecule has 6 unspecified atom stereocenters. The second kappa shape index (κ2) is 8.62. The van der Waals surface area contributed by atoms with Crippen LogP contribution in [0, 0.1) is 29.1 Å². The van der Waals surface area contributed by atoms with Crippen LogP contribution in [0.4, 0.5) is 8.78 Å². The fourth-order valence-electron chi connectivity index (χ4n) is 5.42. The number of hydrogen-bond acceptors (Lipinski definition) is 4. The first-order valence-corrected chi connectivity index (χ1v) is 11.1. The van der Waals surface area contributed by atoms with Crippen LogP contribution < -0.4 is 16.0 Å². The first-order valence-electron chi connectivity index (χ1n) is 11.1. The van der Waals surface area contributed by atoms with E-state index >= 15 is 0 Å². The molecule has 2 amide bonds. The summed E-state index contributed by atoms with van der Waals surface area (Å²) < 4.78 is 28.5. The fourth-order valence-corrected chi connectivity index (χ4v) is 5.42. The van der Waals surface area contributed by atoms with E-state index in [0.717, 1.165) is 18.4 Å². The predicted octanol–water partition coefficient (Wildman–Crippen LogP) is 2.06. The van der Waals surface area contributed by atoms with Crippen molar-refractivity contribution in [2.24, 2.45) is 17.8 Å². The van der Waals surface area contributed by atoms with Crippen molar-refractivity contribution in [1.82, 2.24) is 16.0 Å². The molecule has 0 radical (unpaired) electrons. The van der Waals surface area contributed by atoms with E-state index in [9.17, 15) is 18.4 Å². The lowest BCUT2D eigenvalue weighted by Crippen LogP contribution is -2.57. The molecule has 2 saturated carbocycles. The highest BCUT2D eigenvalue weighted by atomic mass is 19.1. The summed E-state index contributed by atoms with van der Waals surface area (Å²) in [6.45, 7) is 2.13. The molecule has 3 N–H and O–H groups in total. The van der Waals surface area contributed by atoms with Gasteiger partial charge in [-0.05, 0) is 51.4 Å². The number of alkyl halides is 2. The highest BCUT2D eigenvalue weighted by Gasteiger charge is 2.45. The quantitative estimate of drug-likeness (QED) is 0.635. The van der Waals surface area contributed by atoms with Crippen LogP contribution in [-0.2, 0) is 9.59 Å². The summed E-state index contributed by atoms with van der Waals surface area (Å²) in [4.78, 5) is 25.5. The van der Waals surface area contributed by atoms with Crippen LogP contribution >= 0.6 is 0 Å². The average molecular weight is 421 g/mol. The van der Waals surface area contributed by atoms with Crippen LogP contribution in [0.15, 0.2) is 11.1 Å². The van der Waals surface area contributed by atoms with E-state index in [4.69, 9.17) is 5.26 Å². The van der Waals surface area contributed by atoms with E-state index in [0.29, 0.717) is 31.4 Å². The Bertz CT molecular complexity index is 776. The molecule has 2 aliphatic heterocycles. The Hall–Kier alpha value is -2.01. The van der Waals surface area contributed by atoms with E-state index in [-0.39, 0.29) is 48.5 Å². The Balaban J connectivity index is 1.44. The van der Waals surface area contributed by atoms with E-state index in [1.807, 2.05) is 0 Å². The number of hydrogen-bond donors (Lipinski definition) is 3. The molecule has 1 saturated heterocycles. The molecule has 0 bridgehead atoms. The molecule has 2 heterocycles. The SMILES string of the molecule is C[C@H](NC(=O)CC1=C(C2CC2)C2CC(F)CCC2NC1=O)C1NCC(C#N)CC1F. The van der Waals surface area contributed by atoms with Crippen LogP contribution in [0.3, 0.4) is 0 Å². The molecule has 3 fully saturated rings. The van der Waals surface area contributed by atoms with Gasteiger partial charge in [-0.3, -0.25) is 9.59 Å². The van der Waals surface area contributed by atoms with Crippen LogP contribution in [0.5, 0.6) is 0 Å². The van der Waals surface area contributed by atoms with Crippen molar-refractivity contribution < 1.29 is 18.4 Å². The third-order valence-electron chi connectivity index (χ3n) is 7.09. The van der Waals surface area contributed by atoms with Crippen LogP contribution in [0.2, 0.25) is 0 Å². The zero-order chi connectivity index (χ0) is 21.4. The molecule has 30 heavy (non-hydrogen) atoms. The van der Waals surface area contributed by atoms with Crippen molar-refractivity contribution in [3.05, 3.63) is 11.1 Å². The first kappa shape index (κ1) is 21.2. The highest BCUT2D eigenvalue weighted by Crippen LogP contribution is 2.48. The summed E-state index contributed by atoms with van der Waals surface area (Å²) in [5, 5.41) is 17.8. The Labute approximate surface area is 175 Å². The zero-order valence-electron chi connectivity index (χ0n) is 17.3. The number of carbonyl (C=O) groups is 2. The number of piperidine rings is 1. The van der Waals surface area contributed by atoms with Crippen molar-refractivity contribution in [2.45, 2.75) is 82.3 Å². The standard InChI is InChI=1S/C22H30F2N4O2/c1-11(21-17(24)6-12(9-25)10-26-21)27-19(29)8-16-20(13-2-3-13)15-7-14(23)4-5-18(15)28-22(16)30/h11-15,17-18,21,26H,2-8,10H2,1H3,(H,27,29)(H,28,30)/t11-,12?,14?,15?,17?,18?,21?/m0/s1. The lowest BCUT2D eigenvalue weighted by Gasteiger charge is -2.40. The molecule has 4 rings (SSSR count). The normalized spacial score (nSPS) is 37.6. The van der Waals surface area contributed by atoms with E-state index in [1.165, 1.54) is 0 Å². The van der Waals surface area contributed by atoms with Gasteiger partial charge in [0.15, 0.2) is 0 Å². The Morgan fingerprint density at radius 1 is 1.27 bits per heavy atom. The van der Waals surface area contributed by atoms with Gasteiger partial charge in [-0.2, -0.15) is 5.26 Å². The zero-order valence-corrected chi connectivity index (χ0v) is 17.3. The van der Waals surface area contributed by atoms with Gasteiger partial charge in [0.2, 0.25) is 11.8 Å². The monoisotopic (exact) mass is 420 g/mol. The van der Waals surface area contributed by atoms with Crippen LogP contribution in [-0.4, -0.2) is 48.8 Å². The molecule has 2 aliphatic carbocycles. The second-order valence-electron chi connectivity index (χ2n) is 9.35. The lowest BCUT2D eigenvalue weighted by molar-refractivity contribution is -0.125. The van der Waals surface area contributed by atoms with Crippen LogP contribution in [0.1, 0.15) is 51.9 Å². The molecule has 0 spiro atoms. The number of halogens is 2. The Kier molecular flexibility index (Phi) is 6.10. The number of nitriles is 1. The van der Waals surface area contributed by atoms with Crippen molar-refractivity contribution in [3.63, 3.8) is 0 Å². The molecule has 0 aromatic carbocycles. The number of nitrogens with one attached hydrogen (secondary N) is 3. The molecule has 7 atom stereocenters. The smallest absolute Gasteiger partial charge is 0.247 e. The lowest BCUT2D eigenvalue weighted by atomic mass is 9.72. The molecular formula is C22H30F2N4O2. The van der Waals surface area contributed by atoms with Gasteiger partial charge in [-0.15, -0.1) is 0 Å². The summed E-state index contributed by atoms with van der Waals surface area (Å²) in [6.07, 6.45) is 1.50. The van der Waals surface area contributed by atoms with Gasteiger partial charge >= 0.3 is 0 Å². The summed E-state index contributed by atoms with van der Waals surface area (Å²) in [5.74, 6) is -0.633. The largest absolute Gasteiger partial charge is 0.352 e. The fraction of sp³-hybridized carbons (Fsp3) is 0.773. The van der Waals surface area contributed by atoms with Crippen LogP contribution in [0.25, 0.3) is 0 Å². The first-order chi connectivity index (χ1) is 14.4. The van der Waals surface area contributed by atoms with Crippen molar-refractivity contribution >= 4 is 11.8 Å². The van der Waals surface area contributed by atoms with Crippen molar-refractivity contribution in [2.75, 3.05) is 6.54 Å². The van der Waals surface area contributed by atoms with E-state index < -0.39 is 24.4 Å². The number of amides is 2. The Morgan fingerprint density at radius 3 is 2.70 bits per heavy atom. The second-order valence-corrected chi connectivity index (χ2v) is 9.35. The van der Waals surface area contributed by atoms with Gasteiger partial charge in [0.05, 0.1) is 24.4 Å². The summed E-state index contributed by atoms with van der Waals surface area (Å²) in [5.41, 5.74) is 1.47. The molecule has 4 aliphatic rings. The average Bonchev–Trinajstić information content (AvgIpc) is 3.53. The minimum atomic E-state index is -1.22. The molecule has 8 heteroatoms. The summed E-state index contributed by atoms with van der Waals surface area (Å²) >= 11 is 0. The Morgan fingerprint density at radius 2 is 2.03 bits per heavy atom. The van der Waals surface area contributed by atoms with Gasteiger partial charge < -0.3 is 16.0 Å². The third-order valence-corrected chi connectivity index (χ3v) is 7.09. The van der Waals surface area contributed by atoms with Crippen molar-refractivity contribution in [1.29, 1.82) is 5.26 Å². The van der Waals surface area contributed by atoms with E-state index in [1.54, 1.807) is 6.92 Å². The minimum Gasteiger partial charge on any atom is -0.352 e. The van der Waals surface area contributed by atoms with E-state index in [2.05, 4.69) is 22.0 Å². The number of fused-ring (bicyclic) bond motifs is 1. The molecule has 0 aromatic rings. The number of nitrogens with zero attached hydrogens (tertiary/aromatic N) is 1. The third kappa shape index (κ3) is 4.36. The minimum absolute atomic E-state index is 0.0164. The summed E-state index contributed by atoms with van der Waals surface area (Å²) in [6, 6.07) is 1.01. The van der Waals surface area contributed by atoms with Crippen molar-refractivity contribution in [3.8, 4) is 6.07 Å². The maximum Gasteiger partial charge on any atom is 0.247 e. The molecule has 6 nitrogen and oxygen atoms in total. The highest BCUT2D eigenvalue weighted by molar-refractivity contribution is 6.00. The summed E-state index contributed by atoms with van der Waals surface area (Å²) in [7, 11) is 0. The van der Waals surface area contributed by atoms with Gasteiger partial charge in [0.1, 0.15) is 12.3 Å². The van der Waals surface area contributed by atoms with Gasteiger partial charge in [0.25, 0.3) is 0 Å². The number of rotatable bonds is 5. The topological polar surface area (TPSA) is 94.0 Å². The number of carbonyl (C=O) groups excluding carboxylic acids is 2. The molecular weight excluding hydrogens is 390 g/mol. The molecule has 0 aromatic heterocycles. The van der Waals surface area contributed by atoms with Gasteiger partial charge in [-0.1, -0.05) is 5.57 Å². The van der Waals surface area contributed by atoms with Gasteiger partial charge in [-0.25, -0.2) is 8.78 Å². The maximum atomic E-state index is 14.4.